The number of rotatable bonds is 15. The quantitative estimate of drug-likeness (QED) is 0.0139. The molecule has 10 aromatic heterocycles. The number of anilines is 7. The predicted octanol–water partition coefficient (Wildman–Crippen LogP) is 13.3. The van der Waals surface area contributed by atoms with Crippen molar-refractivity contribution >= 4 is 76.7 Å². The van der Waals surface area contributed by atoms with Crippen LogP contribution in [-0.4, -0.2) is 150 Å². The maximum absolute atomic E-state index is 13.6. The van der Waals surface area contributed by atoms with Gasteiger partial charge in [-0.3, -0.25) is 4.79 Å². The van der Waals surface area contributed by atoms with Gasteiger partial charge >= 0.3 is 30.2 Å². The number of nitrogens with two attached hydrogens (primary N) is 1. The zero-order valence-electron chi connectivity index (χ0n) is 60.7. The molecule has 40 heteroatoms. The number of nitrogen functional groups attached to an aromatic ring is 1. The van der Waals surface area contributed by atoms with Crippen LogP contribution < -0.4 is 40.6 Å². The Balaban J connectivity index is 0.000000334. The Labute approximate surface area is 626 Å². The molecule has 111 heavy (non-hydrogen) atoms. The monoisotopic (exact) mass is 1560 g/mol. The second-order valence-corrected chi connectivity index (χ2v) is 22.4. The maximum atomic E-state index is 13.6. The molecule has 0 amide bonds. The number of hydrogen-bond acceptors (Lipinski definition) is 30. The van der Waals surface area contributed by atoms with E-state index in [1.807, 2.05) is 0 Å². The Morgan fingerprint density at radius 3 is 1.07 bits per heavy atom. The molecule has 0 aliphatic heterocycles. The summed E-state index contributed by atoms with van der Waals surface area (Å²) in [5.41, 5.74) is 5.40. The Morgan fingerprint density at radius 2 is 0.775 bits per heavy atom. The van der Waals surface area contributed by atoms with Crippen LogP contribution in [0.5, 0.6) is 23.5 Å². The normalized spacial score (nSPS) is 10.0. The van der Waals surface area contributed by atoms with E-state index in [2.05, 4.69) is 80.0 Å². The Bertz CT molecular complexity index is 4600. The molecule has 590 valence electrons. The van der Waals surface area contributed by atoms with Crippen molar-refractivity contribution in [3.8, 4) is 23.5 Å². The van der Waals surface area contributed by atoms with Crippen molar-refractivity contribution in [3.63, 3.8) is 0 Å². The summed E-state index contributed by atoms with van der Waals surface area (Å²) in [7, 11) is 8.41. The Kier molecular flexibility index (Phi) is 38.0. The number of carboxylic acids is 1. The molecule has 0 bridgehead atoms. The number of aliphatic hydroxyl groups is 1. The zero-order chi connectivity index (χ0) is 83.0. The van der Waals surface area contributed by atoms with E-state index >= 15 is 0 Å². The lowest BCUT2D eigenvalue weighted by atomic mass is 10.2. The number of aliphatic hydroxyl groups excluding tert-OH is 1. The summed E-state index contributed by atoms with van der Waals surface area (Å²) in [5.74, 6) is -8.64. The van der Waals surface area contributed by atoms with Gasteiger partial charge in [-0.05, 0) is 139 Å². The van der Waals surface area contributed by atoms with Crippen LogP contribution in [0, 0.1) is 53.5 Å². The summed E-state index contributed by atoms with van der Waals surface area (Å²) < 4.78 is 155. The van der Waals surface area contributed by atoms with E-state index in [0.29, 0.717) is 64.2 Å². The van der Waals surface area contributed by atoms with Crippen molar-refractivity contribution in [1.29, 1.82) is 0 Å². The molecule has 0 atom stereocenters. The molecule has 0 aliphatic rings. The SMILES string of the molecule is CC(C)(C)OC(=O)OC(=O)OC(C)(C)C.COC(=O)c1ccc(F)nc1F.COC(=O)c1ccc(Nc2ccc(OC)nc2)nc1F.COc1ccc(N)cn1.COc1ccc(Nc2ccc(C=O)c(F)n2)cn1.COc1ccc(Nc2ccc(CO)c(F)n2)cn1.Fc1cccc(F)n1.O=C(O)c1ccc(F)nc1F. The zero-order valence-corrected chi connectivity index (χ0v) is 60.7. The second-order valence-electron chi connectivity index (χ2n) is 22.4. The number of esters is 2. The number of nitrogens with zero attached hydrogens (tertiary/aromatic N) is 10. The van der Waals surface area contributed by atoms with Crippen LogP contribution in [-0.2, 0) is 30.3 Å². The number of carbonyl (C=O) groups excluding carboxylic acids is 5. The Morgan fingerprint density at radius 1 is 0.423 bits per heavy atom. The molecular formula is C71H71F9N14O17. The number of halogens is 9. The first kappa shape index (κ1) is 91.3. The first-order chi connectivity index (χ1) is 52.4. The highest BCUT2D eigenvalue weighted by molar-refractivity contribution is 5.90. The van der Waals surface area contributed by atoms with E-state index < -0.39 is 101 Å². The standard InChI is InChI=1S/C13H12FN3O3.C12H12FN3O2.C12H10FN3O2.C10H18O5.C7H5F2NO2.C6H3F2NO2.C6H8N2O.C5H3F2N/c1-19-11-6-3-8(7-15-11)16-10-5-4-9(12(14)17-10)13(18)20-2;2*1-18-11-5-3-9(6-14-11)15-10-4-2-8(7-17)12(13)16-10;1-9(2,3)14-7(11)13-8(12)15-10(4,5)6;1-12-7(11)4-2-3-5(8)10-6(4)9;7-4-2-1-3(6(10)11)5(8)9-4;1-9-6-3-2-5(7)4-8-6;6-4-2-1-3-5(7)8-4/h3-7H,1-2H3,(H,16,17);2-6,17H,7H2,1H3,(H,15,16);2-7H,1H3,(H,15,16);1-6H3;2-3H,1H3;1-2H,(H,10,11);2-4H,7H2,1H3;1-3H. The molecule has 0 unspecified atom stereocenters. The van der Waals surface area contributed by atoms with Crippen molar-refractivity contribution < 1.29 is 121 Å². The van der Waals surface area contributed by atoms with Gasteiger partial charge in [-0.25, -0.2) is 58.9 Å². The number of pyridine rings is 10. The number of aromatic carboxylic acids is 1. The largest absolute Gasteiger partial charge is 0.519 e. The number of ether oxygens (including phenoxy) is 9. The predicted molar refractivity (Wildman–Crippen MR) is 377 cm³/mol. The number of nitrogens with one attached hydrogen (secondary N) is 3. The Hall–Kier alpha value is -14.0. The van der Waals surface area contributed by atoms with Gasteiger partial charge in [0.25, 0.3) is 0 Å². The number of aromatic nitrogens is 10. The van der Waals surface area contributed by atoms with Gasteiger partial charge in [-0.1, -0.05) is 6.07 Å². The third-order valence-electron chi connectivity index (χ3n) is 11.9. The molecule has 0 saturated heterocycles. The van der Waals surface area contributed by atoms with E-state index in [-0.39, 0.29) is 34.7 Å². The van der Waals surface area contributed by atoms with E-state index in [9.17, 15) is 68.3 Å². The number of carboxylic acid groups (broad SMARTS) is 1. The smallest absolute Gasteiger partial charge is 0.481 e. The van der Waals surface area contributed by atoms with Crippen molar-refractivity contribution in [1.82, 2.24) is 49.8 Å². The topological polar surface area (TPSA) is 417 Å². The van der Waals surface area contributed by atoms with E-state index in [1.165, 1.54) is 77.2 Å². The van der Waals surface area contributed by atoms with Crippen LogP contribution in [0.15, 0.2) is 152 Å². The number of methoxy groups -OCH3 is 6. The number of carbonyl (C=O) groups is 6. The number of hydrogen-bond donors (Lipinski definition) is 6. The fourth-order valence-electron chi connectivity index (χ4n) is 6.94. The van der Waals surface area contributed by atoms with Crippen LogP contribution >= 0.6 is 0 Å². The summed E-state index contributed by atoms with van der Waals surface area (Å²) in [6.07, 6.45) is 4.46. The van der Waals surface area contributed by atoms with Crippen molar-refractivity contribution in [3.05, 3.63) is 234 Å². The lowest BCUT2D eigenvalue weighted by Gasteiger charge is -2.20. The minimum atomic E-state index is -1.46. The van der Waals surface area contributed by atoms with Gasteiger partial charge in [0, 0.05) is 29.8 Å². The molecule has 0 aromatic carbocycles. The van der Waals surface area contributed by atoms with E-state index in [0.717, 1.165) is 43.5 Å². The molecule has 0 saturated carbocycles. The highest BCUT2D eigenvalue weighted by Gasteiger charge is 2.25. The van der Waals surface area contributed by atoms with Crippen molar-refractivity contribution in [2.75, 3.05) is 64.3 Å². The van der Waals surface area contributed by atoms with Gasteiger partial charge in [0.05, 0.1) is 102 Å². The molecule has 7 N–H and O–H groups in total. The van der Waals surface area contributed by atoms with Gasteiger partial charge in [-0.15, -0.1) is 0 Å². The average molecular weight is 1560 g/mol. The van der Waals surface area contributed by atoms with Crippen molar-refractivity contribution in [2.45, 2.75) is 59.4 Å². The molecule has 0 aliphatic carbocycles. The minimum Gasteiger partial charge on any atom is -0.481 e. The molecule has 0 spiro atoms. The van der Waals surface area contributed by atoms with Crippen LogP contribution in [0.4, 0.5) is 89.3 Å². The van der Waals surface area contributed by atoms with Gasteiger partial charge in [-0.2, -0.15) is 54.5 Å². The van der Waals surface area contributed by atoms with Crippen LogP contribution in [0.1, 0.15) is 88.5 Å². The molecule has 0 radical (unpaired) electrons. The van der Waals surface area contributed by atoms with Gasteiger partial charge in [0.1, 0.15) is 45.3 Å². The lowest BCUT2D eigenvalue weighted by Crippen LogP contribution is -2.29. The van der Waals surface area contributed by atoms with Crippen LogP contribution in [0.25, 0.3) is 0 Å². The summed E-state index contributed by atoms with van der Waals surface area (Å²) in [4.78, 5) is 99.6. The van der Waals surface area contributed by atoms with E-state index in [4.69, 9.17) is 44.4 Å². The summed E-state index contributed by atoms with van der Waals surface area (Å²) >= 11 is 0. The minimum absolute atomic E-state index is 0.0756. The van der Waals surface area contributed by atoms with Gasteiger partial charge in [0.15, 0.2) is 6.29 Å². The third-order valence-corrected chi connectivity index (χ3v) is 11.9. The number of aldehydes is 1. The first-order valence-electron chi connectivity index (χ1n) is 31.0. The average Bonchev–Trinajstić information content (AvgIpc) is 0.842. The maximum Gasteiger partial charge on any atom is 0.519 e. The molecule has 31 nitrogen and oxygen atoms in total. The van der Waals surface area contributed by atoms with Crippen LogP contribution in [0.2, 0.25) is 0 Å². The first-order valence-corrected chi connectivity index (χ1v) is 31.0. The molecule has 10 aromatic rings. The van der Waals surface area contributed by atoms with Crippen LogP contribution in [0.3, 0.4) is 0 Å². The molecule has 10 rings (SSSR count). The van der Waals surface area contributed by atoms with Gasteiger partial charge in [0.2, 0.25) is 77.0 Å². The fraction of sp³-hybridized carbons (Fsp3) is 0.211. The van der Waals surface area contributed by atoms with E-state index in [1.54, 1.807) is 116 Å². The summed E-state index contributed by atoms with van der Waals surface area (Å²) in [5, 5.41) is 25.7. The summed E-state index contributed by atoms with van der Waals surface area (Å²) in [6, 6.07) is 29.2. The fourth-order valence-corrected chi connectivity index (χ4v) is 6.94. The van der Waals surface area contributed by atoms with Crippen molar-refractivity contribution in [2.24, 2.45) is 0 Å². The summed E-state index contributed by atoms with van der Waals surface area (Å²) in [6.45, 7) is 9.65. The van der Waals surface area contributed by atoms with Gasteiger partial charge < -0.3 is 74.5 Å². The molecular weight excluding hydrogens is 1490 g/mol. The lowest BCUT2D eigenvalue weighted by molar-refractivity contribution is -0.0295. The molecule has 10 heterocycles. The highest BCUT2D eigenvalue weighted by Crippen LogP contribution is 2.22. The third kappa shape index (κ3) is 35.3. The highest BCUT2D eigenvalue weighted by atomic mass is 19.2. The molecule has 0 fully saturated rings. The second kappa shape index (κ2) is 46.2.